The number of carbonyl (C=O) groups excluding carboxylic acids is 2. The second-order valence-corrected chi connectivity index (χ2v) is 6.84. The maximum atomic E-state index is 14.6. The van der Waals surface area contributed by atoms with Crippen molar-refractivity contribution in [3.63, 3.8) is 0 Å². The quantitative estimate of drug-likeness (QED) is 0.796. The topological polar surface area (TPSA) is 64.4 Å². The lowest BCUT2D eigenvalue weighted by atomic mass is 10.1. The molecule has 0 bridgehead atoms. The first kappa shape index (κ1) is 16.1. The fourth-order valence-electron chi connectivity index (χ4n) is 3.48. The molecular formula is C18H20FN3O3. The lowest BCUT2D eigenvalue weighted by Crippen LogP contribution is -2.40. The van der Waals surface area contributed by atoms with Crippen LogP contribution in [0.15, 0.2) is 24.3 Å². The summed E-state index contributed by atoms with van der Waals surface area (Å²) in [6.45, 7) is 0.0866. The molecule has 1 aliphatic carbocycles. The number of nitrogens with zero attached hydrogens (tertiary/aromatic N) is 3. The van der Waals surface area contributed by atoms with Crippen LogP contribution in [0.2, 0.25) is 0 Å². The predicted octanol–water partition coefficient (Wildman–Crippen LogP) is 2.03. The molecule has 1 aromatic heterocycles. The number of aromatic nitrogens is 2. The van der Waals surface area contributed by atoms with Crippen LogP contribution in [0.4, 0.5) is 4.39 Å². The first-order chi connectivity index (χ1) is 12.0. The van der Waals surface area contributed by atoms with Gasteiger partial charge in [0, 0.05) is 18.9 Å². The van der Waals surface area contributed by atoms with Crippen LogP contribution in [0, 0.1) is 0 Å². The summed E-state index contributed by atoms with van der Waals surface area (Å²) >= 11 is 0. The third-order valence-electron chi connectivity index (χ3n) is 5.04. The molecule has 1 aliphatic heterocycles. The van der Waals surface area contributed by atoms with Crippen molar-refractivity contribution in [3.8, 4) is 0 Å². The standard InChI is InChI=1S/C18H20FN3O3/c1-25-17(24)18(19)8-9-21(11-18)15(23)10-22-14-5-3-2-4-13(14)20-16(22)12-6-7-12/h2-5,12H,6-11H2,1H3/t18-/m1/s1. The van der Waals surface area contributed by atoms with Gasteiger partial charge in [-0.05, 0) is 25.0 Å². The summed E-state index contributed by atoms with van der Waals surface area (Å²) in [6, 6.07) is 7.72. The smallest absolute Gasteiger partial charge is 0.345 e. The Bertz CT molecular complexity index is 845. The summed E-state index contributed by atoms with van der Waals surface area (Å²) in [7, 11) is 1.16. The van der Waals surface area contributed by atoms with Gasteiger partial charge in [0.2, 0.25) is 11.6 Å². The summed E-state index contributed by atoms with van der Waals surface area (Å²) in [4.78, 5) is 30.4. The molecule has 1 atom stereocenters. The Hall–Kier alpha value is -2.44. The molecule has 0 spiro atoms. The van der Waals surface area contributed by atoms with Crippen molar-refractivity contribution in [2.24, 2.45) is 0 Å². The van der Waals surface area contributed by atoms with Gasteiger partial charge in [0.15, 0.2) is 0 Å². The van der Waals surface area contributed by atoms with Gasteiger partial charge < -0.3 is 14.2 Å². The van der Waals surface area contributed by atoms with Gasteiger partial charge >= 0.3 is 5.97 Å². The number of rotatable bonds is 4. The van der Waals surface area contributed by atoms with Crippen LogP contribution in [-0.2, 0) is 20.9 Å². The minimum atomic E-state index is -2.10. The number of amides is 1. The van der Waals surface area contributed by atoms with E-state index in [0.29, 0.717) is 5.92 Å². The number of imidazole rings is 1. The molecule has 1 amide bonds. The molecule has 0 unspecified atom stereocenters. The largest absolute Gasteiger partial charge is 0.467 e. The van der Waals surface area contributed by atoms with E-state index in [1.807, 2.05) is 28.8 Å². The SMILES string of the molecule is COC(=O)[C@@]1(F)CCN(C(=O)Cn2c(C3CC3)nc3ccccc32)C1. The normalized spacial score (nSPS) is 23.2. The lowest BCUT2D eigenvalue weighted by Gasteiger charge is -2.20. The first-order valence-electron chi connectivity index (χ1n) is 8.52. The number of hydrogen-bond acceptors (Lipinski definition) is 4. The van der Waals surface area contributed by atoms with E-state index in [2.05, 4.69) is 9.72 Å². The number of methoxy groups -OCH3 is 1. The van der Waals surface area contributed by atoms with Gasteiger partial charge in [-0.15, -0.1) is 0 Å². The summed E-state index contributed by atoms with van der Waals surface area (Å²) in [5.41, 5.74) is -0.315. The zero-order chi connectivity index (χ0) is 17.6. The molecule has 1 aromatic carbocycles. The van der Waals surface area contributed by atoms with Gasteiger partial charge in [-0.25, -0.2) is 14.2 Å². The van der Waals surface area contributed by atoms with E-state index in [1.54, 1.807) is 0 Å². The number of fused-ring (bicyclic) bond motifs is 1. The molecule has 2 aliphatic rings. The molecule has 0 N–H and O–H groups in total. The second-order valence-electron chi connectivity index (χ2n) is 6.84. The zero-order valence-electron chi connectivity index (χ0n) is 14.1. The van der Waals surface area contributed by atoms with Crippen molar-refractivity contribution in [1.82, 2.24) is 14.5 Å². The fourth-order valence-corrected chi connectivity index (χ4v) is 3.48. The number of ether oxygens (including phenoxy) is 1. The number of halogens is 1. The van der Waals surface area contributed by atoms with Crippen molar-refractivity contribution >= 4 is 22.9 Å². The van der Waals surface area contributed by atoms with Crippen LogP contribution in [-0.4, -0.2) is 52.2 Å². The molecule has 0 radical (unpaired) electrons. The van der Waals surface area contributed by atoms with Crippen LogP contribution in [0.25, 0.3) is 11.0 Å². The van der Waals surface area contributed by atoms with Gasteiger partial charge in [0.25, 0.3) is 0 Å². The average molecular weight is 345 g/mol. The van der Waals surface area contributed by atoms with E-state index < -0.39 is 11.6 Å². The highest BCUT2D eigenvalue weighted by Gasteiger charge is 2.47. The number of esters is 1. The summed E-state index contributed by atoms with van der Waals surface area (Å²) in [5.74, 6) is 0.213. The maximum Gasteiger partial charge on any atom is 0.345 e. The van der Waals surface area contributed by atoms with E-state index in [0.717, 1.165) is 36.8 Å². The summed E-state index contributed by atoms with van der Waals surface area (Å²) in [5, 5.41) is 0. The van der Waals surface area contributed by atoms with Crippen LogP contribution in [0.1, 0.15) is 31.0 Å². The third kappa shape index (κ3) is 2.77. The Morgan fingerprint density at radius 3 is 2.84 bits per heavy atom. The zero-order valence-corrected chi connectivity index (χ0v) is 14.1. The van der Waals surface area contributed by atoms with Crippen molar-refractivity contribution < 1.29 is 18.7 Å². The minimum Gasteiger partial charge on any atom is -0.467 e. The number of likely N-dealkylation sites (tertiary alicyclic amines) is 1. The number of carbonyl (C=O) groups is 2. The average Bonchev–Trinajstić information content (AvgIpc) is 3.29. The third-order valence-corrected chi connectivity index (χ3v) is 5.04. The highest BCUT2D eigenvalue weighted by molar-refractivity contribution is 5.84. The molecule has 1 saturated carbocycles. The number of alkyl halides is 1. The molecule has 132 valence electrons. The molecule has 2 fully saturated rings. The Morgan fingerprint density at radius 2 is 2.12 bits per heavy atom. The highest BCUT2D eigenvalue weighted by Crippen LogP contribution is 2.40. The van der Waals surface area contributed by atoms with E-state index in [1.165, 1.54) is 4.90 Å². The molecular weight excluding hydrogens is 325 g/mol. The second kappa shape index (κ2) is 5.82. The molecule has 2 heterocycles. The van der Waals surface area contributed by atoms with E-state index in [9.17, 15) is 14.0 Å². The molecule has 7 heteroatoms. The number of para-hydroxylation sites is 2. The molecule has 1 saturated heterocycles. The van der Waals surface area contributed by atoms with Crippen molar-refractivity contribution in [2.45, 2.75) is 37.4 Å². The molecule has 25 heavy (non-hydrogen) atoms. The Labute approximate surface area is 144 Å². The summed E-state index contributed by atoms with van der Waals surface area (Å²) in [6.07, 6.45) is 2.14. The van der Waals surface area contributed by atoms with E-state index in [-0.39, 0.29) is 32.0 Å². The number of hydrogen-bond donors (Lipinski definition) is 0. The Kier molecular flexibility index (Phi) is 3.74. The highest BCUT2D eigenvalue weighted by atomic mass is 19.1. The molecule has 2 aromatic rings. The first-order valence-corrected chi connectivity index (χ1v) is 8.52. The van der Waals surface area contributed by atoms with E-state index >= 15 is 0 Å². The minimum absolute atomic E-state index is 0.0223. The monoisotopic (exact) mass is 345 g/mol. The lowest BCUT2D eigenvalue weighted by molar-refractivity contribution is -0.154. The van der Waals surface area contributed by atoms with Gasteiger partial charge in [-0.3, -0.25) is 4.79 Å². The van der Waals surface area contributed by atoms with E-state index in [4.69, 9.17) is 0 Å². The van der Waals surface area contributed by atoms with Gasteiger partial charge in [0.05, 0.1) is 24.7 Å². The van der Waals surface area contributed by atoms with Crippen LogP contribution < -0.4 is 0 Å². The predicted molar refractivity (Wildman–Crippen MR) is 88.8 cm³/mol. The van der Waals surface area contributed by atoms with Crippen LogP contribution in [0.3, 0.4) is 0 Å². The van der Waals surface area contributed by atoms with Crippen molar-refractivity contribution in [3.05, 3.63) is 30.1 Å². The van der Waals surface area contributed by atoms with Crippen molar-refractivity contribution in [1.29, 1.82) is 0 Å². The van der Waals surface area contributed by atoms with Gasteiger partial charge in [-0.1, -0.05) is 12.1 Å². The summed E-state index contributed by atoms with van der Waals surface area (Å²) < 4.78 is 21.0. The maximum absolute atomic E-state index is 14.6. The fraction of sp³-hybridized carbons (Fsp3) is 0.500. The Balaban J connectivity index is 1.57. The van der Waals surface area contributed by atoms with Crippen LogP contribution in [0.5, 0.6) is 0 Å². The van der Waals surface area contributed by atoms with Crippen LogP contribution >= 0.6 is 0 Å². The van der Waals surface area contributed by atoms with Crippen molar-refractivity contribution in [2.75, 3.05) is 20.2 Å². The number of benzene rings is 1. The molecule has 6 nitrogen and oxygen atoms in total. The van der Waals surface area contributed by atoms with Gasteiger partial charge in [-0.2, -0.15) is 0 Å². The van der Waals surface area contributed by atoms with Gasteiger partial charge in [0.1, 0.15) is 12.4 Å². The molecule has 4 rings (SSSR count). The Morgan fingerprint density at radius 1 is 1.36 bits per heavy atom.